The van der Waals surface area contributed by atoms with Crippen LogP contribution in [-0.4, -0.2) is 30.9 Å². The maximum absolute atomic E-state index is 13.2. The smallest absolute Gasteiger partial charge is 0.312 e. The Hall–Kier alpha value is -2.18. The average Bonchev–Trinajstić information content (AvgIpc) is 3.38. The molecule has 2 aliphatic rings. The summed E-state index contributed by atoms with van der Waals surface area (Å²) in [7, 11) is 0. The van der Waals surface area contributed by atoms with Gasteiger partial charge in [-0.1, -0.05) is 57.4 Å². The Labute approximate surface area is 210 Å². The summed E-state index contributed by atoms with van der Waals surface area (Å²) >= 11 is 0. The van der Waals surface area contributed by atoms with Crippen LogP contribution >= 0.6 is 0 Å². The SMILES string of the molecule is CC(C)COC(C)ONC(=O)/C=C/c1ccc(CCC2(C(=O)OC3CCCC3)CCCCC2)cc1. The van der Waals surface area contributed by atoms with Crippen LogP contribution in [0.3, 0.4) is 0 Å². The van der Waals surface area contributed by atoms with Crippen LogP contribution in [0.2, 0.25) is 0 Å². The molecule has 1 aromatic rings. The molecule has 0 aliphatic heterocycles. The molecule has 3 rings (SSSR count). The molecule has 6 nitrogen and oxygen atoms in total. The monoisotopic (exact) mass is 485 g/mol. The molecule has 2 saturated carbocycles. The first-order chi connectivity index (χ1) is 16.9. The molecule has 0 aromatic heterocycles. The van der Waals surface area contributed by atoms with Crippen molar-refractivity contribution in [3.05, 3.63) is 41.5 Å². The zero-order chi connectivity index (χ0) is 25.1. The molecule has 0 saturated heterocycles. The van der Waals surface area contributed by atoms with Crippen LogP contribution < -0.4 is 5.48 Å². The number of benzene rings is 1. The topological polar surface area (TPSA) is 73.9 Å². The Morgan fingerprint density at radius 1 is 1.03 bits per heavy atom. The molecule has 6 heteroatoms. The standard InChI is InChI=1S/C29H43NO5/c1-22(2)21-33-23(3)35-30-27(31)16-15-24-11-13-25(14-12-24)17-20-29(18-7-4-8-19-29)28(32)34-26-9-5-6-10-26/h11-16,22-23,26H,4-10,17-21H2,1-3H3,(H,30,31)/b16-15+. The van der Waals surface area contributed by atoms with E-state index in [9.17, 15) is 9.59 Å². The first-order valence-electron chi connectivity index (χ1n) is 13.4. The van der Waals surface area contributed by atoms with Gasteiger partial charge in [-0.15, -0.1) is 0 Å². The Morgan fingerprint density at radius 3 is 2.37 bits per heavy atom. The second-order valence-corrected chi connectivity index (χ2v) is 10.6. The highest BCUT2D eigenvalue weighted by molar-refractivity contribution is 5.90. The molecule has 1 unspecified atom stereocenters. The number of esters is 1. The zero-order valence-electron chi connectivity index (χ0n) is 21.7. The van der Waals surface area contributed by atoms with E-state index < -0.39 is 6.29 Å². The number of ether oxygens (including phenoxy) is 2. The Kier molecular flexibility index (Phi) is 10.8. The minimum Gasteiger partial charge on any atom is -0.462 e. The molecule has 1 amide bonds. The molecule has 1 aromatic carbocycles. The van der Waals surface area contributed by atoms with Crippen LogP contribution in [0.15, 0.2) is 30.3 Å². The lowest BCUT2D eigenvalue weighted by atomic mass is 9.70. The van der Waals surface area contributed by atoms with E-state index in [1.807, 2.05) is 12.1 Å². The first kappa shape index (κ1) is 27.4. The zero-order valence-corrected chi connectivity index (χ0v) is 21.7. The molecule has 0 radical (unpaired) electrons. The highest BCUT2D eigenvalue weighted by Gasteiger charge is 2.41. The van der Waals surface area contributed by atoms with E-state index in [0.717, 1.165) is 56.9 Å². The van der Waals surface area contributed by atoms with Gasteiger partial charge in [0, 0.05) is 6.08 Å². The van der Waals surface area contributed by atoms with Crippen molar-refractivity contribution in [2.75, 3.05) is 6.61 Å². The van der Waals surface area contributed by atoms with Crippen molar-refractivity contribution in [2.45, 2.75) is 104 Å². The largest absolute Gasteiger partial charge is 0.462 e. The summed E-state index contributed by atoms with van der Waals surface area (Å²) in [5.41, 5.74) is 4.19. The van der Waals surface area contributed by atoms with Gasteiger partial charge < -0.3 is 9.47 Å². The number of rotatable bonds is 12. The van der Waals surface area contributed by atoms with Crippen molar-refractivity contribution in [3.8, 4) is 0 Å². The van der Waals surface area contributed by atoms with Gasteiger partial charge in [-0.3, -0.25) is 9.59 Å². The summed E-state index contributed by atoms with van der Waals surface area (Å²) in [4.78, 5) is 30.4. The van der Waals surface area contributed by atoms with Gasteiger partial charge in [-0.25, -0.2) is 10.3 Å². The molecule has 1 N–H and O–H groups in total. The van der Waals surface area contributed by atoms with Gasteiger partial charge in [0.25, 0.3) is 5.91 Å². The normalized spacial score (nSPS) is 19.2. The second-order valence-electron chi connectivity index (χ2n) is 10.6. The van der Waals surface area contributed by atoms with Crippen LogP contribution in [0.1, 0.15) is 96.1 Å². The van der Waals surface area contributed by atoms with Gasteiger partial charge in [0.1, 0.15) is 6.10 Å². The number of carbonyl (C=O) groups is 2. The highest BCUT2D eigenvalue weighted by atomic mass is 16.8. The number of amides is 1. The van der Waals surface area contributed by atoms with E-state index in [-0.39, 0.29) is 23.4 Å². The number of carbonyl (C=O) groups excluding carboxylic acids is 2. The lowest BCUT2D eigenvalue weighted by molar-refractivity contribution is -0.180. The number of hydroxylamine groups is 1. The van der Waals surface area contributed by atoms with Crippen molar-refractivity contribution < 1.29 is 23.9 Å². The van der Waals surface area contributed by atoms with E-state index in [2.05, 4.69) is 31.5 Å². The third-order valence-electron chi connectivity index (χ3n) is 7.11. The van der Waals surface area contributed by atoms with Gasteiger partial charge in [-0.05, 0) is 81.4 Å². The molecule has 2 aliphatic carbocycles. The van der Waals surface area contributed by atoms with Gasteiger partial charge >= 0.3 is 5.97 Å². The molecule has 2 fully saturated rings. The van der Waals surface area contributed by atoms with Crippen LogP contribution in [0.5, 0.6) is 0 Å². The fourth-order valence-electron chi connectivity index (χ4n) is 4.96. The predicted molar refractivity (Wildman–Crippen MR) is 137 cm³/mol. The lowest BCUT2D eigenvalue weighted by Gasteiger charge is -2.36. The van der Waals surface area contributed by atoms with Crippen molar-refractivity contribution in [1.29, 1.82) is 0 Å². The van der Waals surface area contributed by atoms with Gasteiger partial charge in [0.2, 0.25) is 0 Å². The number of hydrogen-bond acceptors (Lipinski definition) is 5. The minimum atomic E-state index is -0.503. The molecular weight excluding hydrogens is 442 g/mol. The molecular formula is C29H43NO5. The average molecular weight is 486 g/mol. The van der Waals surface area contributed by atoms with Crippen LogP contribution in [0.25, 0.3) is 6.08 Å². The minimum absolute atomic E-state index is 0.0424. The molecule has 35 heavy (non-hydrogen) atoms. The van der Waals surface area contributed by atoms with Crippen molar-refractivity contribution in [1.82, 2.24) is 5.48 Å². The van der Waals surface area contributed by atoms with E-state index in [0.29, 0.717) is 12.5 Å². The highest BCUT2D eigenvalue weighted by Crippen LogP contribution is 2.42. The van der Waals surface area contributed by atoms with E-state index in [4.69, 9.17) is 14.3 Å². The molecule has 1 atom stereocenters. The molecule has 194 valence electrons. The van der Waals surface area contributed by atoms with Gasteiger partial charge in [-0.2, -0.15) is 0 Å². The van der Waals surface area contributed by atoms with Gasteiger partial charge in [0.15, 0.2) is 6.29 Å². The summed E-state index contributed by atoms with van der Waals surface area (Å²) in [5, 5.41) is 0. The number of hydrogen-bond donors (Lipinski definition) is 1. The Morgan fingerprint density at radius 2 is 1.71 bits per heavy atom. The van der Waals surface area contributed by atoms with Crippen molar-refractivity contribution in [3.63, 3.8) is 0 Å². The predicted octanol–water partition coefficient (Wildman–Crippen LogP) is 6.14. The molecule has 0 bridgehead atoms. The van der Waals surface area contributed by atoms with Crippen LogP contribution in [-0.2, 0) is 30.3 Å². The summed E-state index contributed by atoms with van der Waals surface area (Å²) in [6, 6.07) is 8.15. The summed E-state index contributed by atoms with van der Waals surface area (Å²) < 4.78 is 11.4. The third kappa shape index (κ3) is 9.08. The maximum Gasteiger partial charge on any atom is 0.312 e. The molecule has 0 spiro atoms. The molecule has 0 heterocycles. The Balaban J connectivity index is 1.47. The summed E-state index contributed by atoms with van der Waals surface area (Å²) in [5.74, 6) is 0.105. The van der Waals surface area contributed by atoms with E-state index in [1.54, 1.807) is 13.0 Å². The van der Waals surface area contributed by atoms with E-state index >= 15 is 0 Å². The first-order valence-corrected chi connectivity index (χ1v) is 13.4. The number of nitrogens with one attached hydrogen (secondary N) is 1. The van der Waals surface area contributed by atoms with E-state index in [1.165, 1.54) is 30.9 Å². The maximum atomic E-state index is 13.2. The lowest BCUT2D eigenvalue weighted by Crippen LogP contribution is -2.37. The summed E-state index contributed by atoms with van der Waals surface area (Å²) in [6.45, 7) is 6.43. The number of aryl methyl sites for hydroxylation is 1. The summed E-state index contributed by atoms with van der Waals surface area (Å²) in [6.07, 6.45) is 14.2. The fraction of sp³-hybridized carbons (Fsp3) is 0.655. The van der Waals surface area contributed by atoms with Crippen molar-refractivity contribution in [2.24, 2.45) is 11.3 Å². The third-order valence-corrected chi connectivity index (χ3v) is 7.11. The van der Waals surface area contributed by atoms with Crippen molar-refractivity contribution >= 4 is 18.0 Å². The van der Waals surface area contributed by atoms with Crippen LogP contribution in [0, 0.1) is 11.3 Å². The van der Waals surface area contributed by atoms with Crippen LogP contribution in [0.4, 0.5) is 0 Å². The second kappa shape index (κ2) is 13.8. The van der Waals surface area contributed by atoms with Gasteiger partial charge in [0.05, 0.1) is 12.0 Å². The quantitative estimate of drug-likeness (QED) is 0.167. The Bertz CT molecular complexity index is 820. The fourth-order valence-corrected chi connectivity index (χ4v) is 4.96.